The lowest BCUT2D eigenvalue weighted by Crippen LogP contribution is -2.60. The first-order chi connectivity index (χ1) is 18.5. The Balaban J connectivity index is 2.72. The standard InChI is InChI=1S/C33H49N3O4/c1-12-21(3)27(35-31(39)40-32(7,8)9)30(38)36(33(10,11)13-2)28(25-20-15-14-17-22(25)4)29(37)34-26-23(5)18-16-19-24(26)6/h14-21,27-28H,12-13H2,1-11H3,(H,34,37)(H,35,39). The zero-order valence-corrected chi connectivity index (χ0v) is 26.3. The number of carbonyl (C=O) groups is 3. The summed E-state index contributed by atoms with van der Waals surface area (Å²) in [7, 11) is 0. The van der Waals surface area contributed by atoms with Crippen LogP contribution >= 0.6 is 0 Å². The van der Waals surface area contributed by atoms with Crippen molar-refractivity contribution >= 4 is 23.6 Å². The van der Waals surface area contributed by atoms with Crippen LogP contribution in [-0.4, -0.2) is 40.0 Å². The fourth-order valence-corrected chi connectivity index (χ4v) is 4.71. The highest BCUT2D eigenvalue weighted by Crippen LogP contribution is 2.35. The van der Waals surface area contributed by atoms with E-state index in [0.717, 1.165) is 27.9 Å². The number of nitrogens with zero attached hydrogens (tertiary/aromatic N) is 1. The first-order valence-electron chi connectivity index (χ1n) is 14.3. The van der Waals surface area contributed by atoms with Crippen LogP contribution in [0.1, 0.15) is 96.5 Å². The van der Waals surface area contributed by atoms with Gasteiger partial charge in [-0.1, -0.05) is 69.7 Å². The molecule has 2 aromatic rings. The molecule has 3 amide bonds. The fourth-order valence-electron chi connectivity index (χ4n) is 4.71. The van der Waals surface area contributed by atoms with Crippen molar-refractivity contribution in [3.05, 3.63) is 64.7 Å². The molecule has 2 rings (SSSR count). The highest BCUT2D eigenvalue weighted by atomic mass is 16.6. The number of nitrogens with one attached hydrogen (secondary N) is 2. The normalized spacial score (nSPS) is 14.1. The summed E-state index contributed by atoms with van der Waals surface area (Å²) < 4.78 is 5.52. The Labute approximate surface area is 241 Å². The van der Waals surface area contributed by atoms with Crippen molar-refractivity contribution in [2.24, 2.45) is 5.92 Å². The molecule has 40 heavy (non-hydrogen) atoms. The smallest absolute Gasteiger partial charge is 0.408 e. The van der Waals surface area contributed by atoms with E-state index in [4.69, 9.17) is 4.74 Å². The number of hydrogen-bond donors (Lipinski definition) is 2. The van der Waals surface area contributed by atoms with E-state index in [1.54, 1.807) is 25.7 Å². The van der Waals surface area contributed by atoms with Gasteiger partial charge in [0.15, 0.2) is 0 Å². The number of rotatable bonds is 10. The van der Waals surface area contributed by atoms with Crippen molar-refractivity contribution in [3.8, 4) is 0 Å². The van der Waals surface area contributed by atoms with E-state index in [9.17, 15) is 14.4 Å². The Morgan fingerprint density at radius 2 is 1.43 bits per heavy atom. The number of anilines is 1. The van der Waals surface area contributed by atoms with Crippen LogP contribution in [0.5, 0.6) is 0 Å². The van der Waals surface area contributed by atoms with Gasteiger partial charge in [-0.2, -0.15) is 0 Å². The van der Waals surface area contributed by atoms with Crippen LogP contribution in [-0.2, 0) is 14.3 Å². The fraction of sp³-hybridized carbons (Fsp3) is 0.545. The third-order valence-electron chi connectivity index (χ3n) is 7.63. The number of aryl methyl sites for hydroxylation is 3. The Morgan fingerprint density at radius 3 is 1.93 bits per heavy atom. The number of hydrogen-bond acceptors (Lipinski definition) is 4. The maximum Gasteiger partial charge on any atom is 0.408 e. The minimum Gasteiger partial charge on any atom is -0.444 e. The van der Waals surface area contributed by atoms with Gasteiger partial charge in [-0.25, -0.2) is 4.79 Å². The first-order valence-corrected chi connectivity index (χ1v) is 14.3. The maximum atomic E-state index is 14.6. The van der Waals surface area contributed by atoms with Gasteiger partial charge in [0, 0.05) is 11.2 Å². The van der Waals surface area contributed by atoms with Crippen LogP contribution in [0.4, 0.5) is 10.5 Å². The summed E-state index contributed by atoms with van der Waals surface area (Å²) in [6.45, 7) is 21.0. The van der Waals surface area contributed by atoms with Gasteiger partial charge >= 0.3 is 6.09 Å². The van der Waals surface area contributed by atoms with Crippen molar-refractivity contribution in [3.63, 3.8) is 0 Å². The average Bonchev–Trinajstić information content (AvgIpc) is 2.86. The van der Waals surface area contributed by atoms with Crippen molar-refractivity contribution in [1.29, 1.82) is 0 Å². The summed E-state index contributed by atoms with van der Waals surface area (Å²) in [6.07, 6.45) is 0.584. The molecule has 7 heteroatoms. The quantitative estimate of drug-likeness (QED) is 0.326. The van der Waals surface area contributed by atoms with Crippen LogP contribution in [0.25, 0.3) is 0 Å². The summed E-state index contributed by atoms with van der Waals surface area (Å²) in [4.78, 5) is 43.5. The van der Waals surface area contributed by atoms with Gasteiger partial charge in [-0.15, -0.1) is 0 Å². The van der Waals surface area contributed by atoms with Gasteiger partial charge in [0.05, 0.1) is 0 Å². The molecule has 0 saturated heterocycles. The number of benzene rings is 2. The van der Waals surface area contributed by atoms with Crippen LogP contribution in [0.2, 0.25) is 0 Å². The number of amides is 3. The minimum absolute atomic E-state index is 0.200. The van der Waals surface area contributed by atoms with E-state index in [0.29, 0.717) is 12.8 Å². The summed E-state index contributed by atoms with van der Waals surface area (Å²) in [6, 6.07) is 11.7. The molecule has 0 saturated carbocycles. The largest absolute Gasteiger partial charge is 0.444 e. The van der Waals surface area contributed by atoms with Crippen molar-refractivity contribution in [2.75, 3.05) is 5.32 Å². The number of ether oxygens (including phenoxy) is 1. The van der Waals surface area contributed by atoms with E-state index < -0.39 is 29.3 Å². The lowest BCUT2D eigenvalue weighted by molar-refractivity contribution is -0.148. The van der Waals surface area contributed by atoms with E-state index in [1.165, 1.54) is 0 Å². The topological polar surface area (TPSA) is 87.7 Å². The molecule has 0 radical (unpaired) electrons. The van der Waals surface area contributed by atoms with Crippen LogP contribution in [0, 0.1) is 26.7 Å². The van der Waals surface area contributed by atoms with Crippen molar-refractivity contribution < 1.29 is 19.1 Å². The van der Waals surface area contributed by atoms with Crippen molar-refractivity contribution in [2.45, 2.75) is 112 Å². The summed E-state index contributed by atoms with van der Waals surface area (Å²) in [5.41, 5.74) is 2.81. The van der Waals surface area contributed by atoms with Crippen LogP contribution < -0.4 is 10.6 Å². The predicted octanol–water partition coefficient (Wildman–Crippen LogP) is 7.25. The molecule has 0 spiro atoms. The number of carbonyl (C=O) groups excluding carboxylic acids is 3. The molecule has 0 aliphatic heterocycles. The highest BCUT2D eigenvalue weighted by molar-refractivity contribution is 6.00. The molecule has 0 aliphatic rings. The maximum absolute atomic E-state index is 14.6. The van der Waals surface area contributed by atoms with Crippen molar-refractivity contribution in [1.82, 2.24) is 10.2 Å². The summed E-state index contributed by atoms with van der Waals surface area (Å²) >= 11 is 0. The van der Waals surface area contributed by atoms with Gasteiger partial charge < -0.3 is 20.3 Å². The molecular weight excluding hydrogens is 502 g/mol. The third-order valence-corrected chi connectivity index (χ3v) is 7.63. The van der Waals surface area contributed by atoms with Gasteiger partial charge in [0.2, 0.25) is 5.91 Å². The zero-order valence-electron chi connectivity index (χ0n) is 26.3. The SMILES string of the molecule is CCC(C)C(NC(=O)OC(C)(C)C)C(=O)N(C(C(=O)Nc1c(C)cccc1C)c1ccccc1C)C(C)(C)CC. The molecule has 2 aromatic carbocycles. The zero-order chi connectivity index (χ0) is 30.4. The summed E-state index contributed by atoms with van der Waals surface area (Å²) in [5, 5.41) is 5.99. The van der Waals surface area contributed by atoms with Gasteiger partial charge in [-0.05, 0) is 90.0 Å². The third kappa shape index (κ3) is 8.09. The number of alkyl carbamates (subject to hydrolysis) is 1. The lowest BCUT2D eigenvalue weighted by atomic mass is 9.88. The molecule has 220 valence electrons. The van der Waals surface area contributed by atoms with Gasteiger partial charge in [0.1, 0.15) is 17.7 Å². The van der Waals surface area contributed by atoms with E-state index in [1.807, 2.05) is 97.9 Å². The molecule has 7 nitrogen and oxygen atoms in total. The molecule has 0 fully saturated rings. The van der Waals surface area contributed by atoms with Crippen LogP contribution in [0.3, 0.4) is 0 Å². The van der Waals surface area contributed by atoms with Gasteiger partial charge in [-0.3, -0.25) is 9.59 Å². The molecule has 2 N–H and O–H groups in total. The molecule has 3 unspecified atom stereocenters. The van der Waals surface area contributed by atoms with Gasteiger partial charge in [0.25, 0.3) is 5.91 Å². The molecule has 3 atom stereocenters. The number of para-hydroxylation sites is 1. The Hall–Kier alpha value is -3.35. The Bertz CT molecular complexity index is 1180. The first kappa shape index (κ1) is 32.9. The molecular formula is C33H49N3O4. The minimum atomic E-state index is -0.936. The second-order valence-electron chi connectivity index (χ2n) is 12.4. The Kier molecular flexibility index (Phi) is 11.0. The summed E-state index contributed by atoms with van der Waals surface area (Å²) in [5.74, 6) is -0.826. The monoisotopic (exact) mass is 551 g/mol. The molecule has 0 bridgehead atoms. The highest BCUT2D eigenvalue weighted by Gasteiger charge is 2.44. The van der Waals surface area contributed by atoms with E-state index in [2.05, 4.69) is 10.6 Å². The molecule has 0 heterocycles. The average molecular weight is 552 g/mol. The molecule has 0 aliphatic carbocycles. The van der Waals surface area contributed by atoms with Crippen LogP contribution in [0.15, 0.2) is 42.5 Å². The van der Waals surface area contributed by atoms with E-state index in [-0.39, 0.29) is 17.7 Å². The predicted molar refractivity (Wildman–Crippen MR) is 162 cm³/mol. The second kappa shape index (κ2) is 13.3. The Morgan fingerprint density at radius 1 is 0.875 bits per heavy atom. The molecule has 0 aromatic heterocycles. The van der Waals surface area contributed by atoms with E-state index >= 15 is 0 Å². The second-order valence-corrected chi connectivity index (χ2v) is 12.4. The lowest BCUT2D eigenvalue weighted by Gasteiger charge is -2.45.